The quantitative estimate of drug-likeness (QED) is 0.409. The van der Waals surface area contributed by atoms with Crippen LogP contribution in [0.4, 0.5) is 5.69 Å². The Morgan fingerprint density at radius 1 is 1.15 bits per heavy atom. The van der Waals surface area contributed by atoms with E-state index in [-0.39, 0.29) is 23.2 Å². The van der Waals surface area contributed by atoms with Crippen LogP contribution < -0.4 is 5.56 Å². The van der Waals surface area contributed by atoms with Crippen LogP contribution in [0.25, 0.3) is 10.9 Å². The zero-order valence-electron chi connectivity index (χ0n) is 19.7. The highest BCUT2D eigenvalue weighted by Crippen LogP contribution is 2.24. The average molecular weight is 464 g/mol. The summed E-state index contributed by atoms with van der Waals surface area (Å²) in [7, 11) is 0. The maximum Gasteiger partial charge on any atom is 0.273 e. The molecule has 1 aliphatic heterocycles. The summed E-state index contributed by atoms with van der Waals surface area (Å²) in [5, 5.41) is 11.9. The molecular weight excluding hydrogens is 434 g/mol. The SMILES string of the molecule is CCCn1c(C(C)N2CCN(C(=O)c3ccc(C)c([N+](=O)[O-])c3)CC2)nc2ccccc2c1=O. The summed E-state index contributed by atoms with van der Waals surface area (Å²) in [4.78, 5) is 45.7. The van der Waals surface area contributed by atoms with E-state index in [1.54, 1.807) is 28.5 Å². The minimum Gasteiger partial charge on any atom is -0.336 e. The Kier molecular flexibility index (Phi) is 6.74. The molecule has 4 rings (SSSR count). The number of carbonyl (C=O) groups excluding carboxylic acids is 1. The van der Waals surface area contributed by atoms with Crippen molar-refractivity contribution in [1.29, 1.82) is 0 Å². The first kappa shape index (κ1) is 23.6. The molecule has 1 unspecified atom stereocenters. The molecule has 3 aromatic rings. The minimum absolute atomic E-state index is 0.0240. The van der Waals surface area contributed by atoms with E-state index in [9.17, 15) is 19.7 Å². The van der Waals surface area contributed by atoms with E-state index in [1.807, 2.05) is 38.1 Å². The monoisotopic (exact) mass is 463 g/mol. The second kappa shape index (κ2) is 9.72. The molecule has 1 aromatic heterocycles. The van der Waals surface area contributed by atoms with Crippen LogP contribution in [0.2, 0.25) is 0 Å². The standard InChI is InChI=1S/C25H29N5O4/c1-4-11-29-23(26-21-8-6-5-7-20(21)25(29)32)18(3)27-12-14-28(15-13-27)24(31)19-10-9-17(2)22(16-19)30(33)34/h5-10,16,18H,4,11-15H2,1-3H3. The summed E-state index contributed by atoms with van der Waals surface area (Å²) in [6.07, 6.45) is 0.824. The molecule has 0 aliphatic carbocycles. The van der Waals surface area contributed by atoms with Gasteiger partial charge in [-0.1, -0.05) is 25.1 Å². The van der Waals surface area contributed by atoms with Crippen molar-refractivity contribution in [2.45, 2.75) is 39.8 Å². The fourth-order valence-corrected chi connectivity index (χ4v) is 4.54. The molecule has 178 valence electrons. The Balaban J connectivity index is 1.53. The highest BCUT2D eigenvalue weighted by Gasteiger charge is 2.28. The number of benzene rings is 2. The summed E-state index contributed by atoms with van der Waals surface area (Å²) < 4.78 is 1.77. The van der Waals surface area contributed by atoms with E-state index in [0.717, 1.165) is 12.2 Å². The fourth-order valence-electron chi connectivity index (χ4n) is 4.54. The highest BCUT2D eigenvalue weighted by molar-refractivity contribution is 5.95. The summed E-state index contributed by atoms with van der Waals surface area (Å²) in [6.45, 7) is 8.57. The lowest BCUT2D eigenvalue weighted by atomic mass is 10.1. The van der Waals surface area contributed by atoms with Crippen LogP contribution in [0, 0.1) is 17.0 Å². The number of aryl methyl sites for hydroxylation is 1. The summed E-state index contributed by atoms with van der Waals surface area (Å²) >= 11 is 0. The van der Waals surface area contributed by atoms with Gasteiger partial charge in [0.15, 0.2) is 0 Å². The molecule has 9 nitrogen and oxygen atoms in total. The number of fused-ring (bicyclic) bond motifs is 1. The Labute approximate surface area is 197 Å². The molecule has 0 spiro atoms. The fraction of sp³-hybridized carbons (Fsp3) is 0.400. The second-order valence-electron chi connectivity index (χ2n) is 8.71. The van der Waals surface area contributed by atoms with Crippen LogP contribution >= 0.6 is 0 Å². The van der Waals surface area contributed by atoms with Crippen LogP contribution in [-0.4, -0.2) is 56.4 Å². The predicted molar refractivity (Wildman–Crippen MR) is 130 cm³/mol. The second-order valence-corrected chi connectivity index (χ2v) is 8.71. The van der Waals surface area contributed by atoms with E-state index < -0.39 is 4.92 Å². The van der Waals surface area contributed by atoms with E-state index >= 15 is 0 Å². The normalized spacial score (nSPS) is 15.4. The number of aromatic nitrogens is 2. The molecule has 0 radical (unpaired) electrons. The lowest BCUT2D eigenvalue weighted by molar-refractivity contribution is -0.385. The van der Waals surface area contributed by atoms with Gasteiger partial charge in [-0.3, -0.25) is 29.2 Å². The minimum atomic E-state index is -0.460. The summed E-state index contributed by atoms with van der Waals surface area (Å²) in [5.41, 5.74) is 1.47. The molecular formula is C25H29N5O4. The van der Waals surface area contributed by atoms with Crippen LogP contribution in [0.5, 0.6) is 0 Å². The molecule has 0 N–H and O–H groups in total. The molecule has 1 atom stereocenters. The van der Waals surface area contributed by atoms with E-state index in [1.165, 1.54) is 6.07 Å². The number of nitro benzene ring substituents is 1. The first-order valence-corrected chi connectivity index (χ1v) is 11.6. The number of amides is 1. The van der Waals surface area contributed by atoms with Crippen LogP contribution in [-0.2, 0) is 6.54 Å². The van der Waals surface area contributed by atoms with E-state index in [0.29, 0.717) is 54.8 Å². The number of piperazine rings is 1. The molecule has 1 fully saturated rings. The average Bonchev–Trinajstić information content (AvgIpc) is 2.85. The number of hydrogen-bond acceptors (Lipinski definition) is 6. The van der Waals surface area contributed by atoms with Gasteiger partial charge in [0, 0.05) is 49.9 Å². The molecule has 1 saturated heterocycles. The zero-order valence-corrected chi connectivity index (χ0v) is 19.7. The number of rotatable bonds is 6. The molecule has 0 saturated carbocycles. The van der Waals surface area contributed by atoms with Crippen LogP contribution in [0.3, 0.4) is 0 Å². The maximum atomic E-state index is 13.1. The van der Waals surface area contributed by atoms with Gasteiger partial charge in [0.05, 0.1) is 21.9 Å². The van der Waals surface area contributed by atoms with Gasteiger partial charge in [-0.25, -0.2) is 4.98 Å². The molecule has 34 heavy (non-hydrogen) atoms. The smallest absolute Gasteiger partial charge is 0.273 e. The molecule has 1 aliphatic rings. The van der Waals surface area contributed by atoms with Crippen molar-refractivity contribution in [3.8, 4) is 0 Å². The third-order valence-corrected chi connectivity index (χ3v) is 6.51. The van der Waals surface area contributed by atoms with Crippen molar-refractivity contribution >= 4 is 22.5 Å². The number of hydrogen-bond donors (Lipinski definition) is 0. The van der Waals surface area contributed by atoms with E-state index in [2.05, 4.69) is 4.90 Å². The first-order valence-electron chi connectivity index (χ1n) is 11.6. The van der Waals surface area contributed by atoms with Crippen molar-refractivity contribution in [1.82, 2.24) is 19.4 Å². The Hall–Kier alpha value is -3.59. The zero-order chi connectivity index (χ0) is 24.4. The Morgan fingerprint density at radius 3 is 2.53 bits per heavy atom. The van der Waals surface area contributed by atoms with Gasteiger partial charge in [-0.2, -0.15) is 0 Å². The summed E-state index contributed by atoms with van der Waals surface area (Å²) in [5.74, 6) is 0.529. The number of carbonyl (C=O) groups is 1. The molecule has 1 amide bonds. The Bertz CT molecular complexity index is 1290. The Morgan fingerprint density at radius 2 is 1.85 bits per heavy atom. The van der Waals surface area contributed by atoms with Crippen molar-refractivity contribution in [3.63, 3.8) is 0 Å². The summed E-state index contributed by atoms with van der Waals surface area (Å²) in [6, 6.07) is 11.9. The lowest BCUT2D eigenvalue weighted by Gasteiger charge is -2.38. The number of para-hydroxylation sites is 1. The highest BCUT2D eigenvalue weighted by atomic mass is 16.6. The number of nitro groups is 1. The first-order chi connectivity index (χ1) is 16.3. The van der Waals surface area contributed by atoms with Crippen molar-refractivity contribution < 1.29 is 9.72 Å². The van der Waals surface area contributed by atoms with Crippen molar-refractivity contribution in [2.75, 3.05) is 26.2 Å². The molecule has 9 heteroatoms. The molecule has 0 bridgehead atoms. The van der Waals surface area contributed by atoms with Gasteiger partial charge in [0.1, 0.15) is 5.82 Å². The topological polar surface area (TPSA) is 102 Å². The van der Waals surface area contributed by atoms with Gasteiger partial charge in [-0.05, 0) is 38.5 Å². The van der Waals surface area contributed by atoms with Crippen molar-refractivity contribution in [2.24, 2.45) is 0 Å². The predicted octanol–water partition coefficient (Wildman–Crippen LogP) is 3.54. The third kappa shape index (κ3) is 4.43. The maximum absolute atomic E-state index is 13.1. The van der Waals surface area contributed by atoms with Crippen LogP contribution in [0.15, 0.2) is 47.3 Å². The van der Waals surface area contributed by atoms with Gasteiger partial charge >= 0.3 is 0 Å². The molecule has 2 aromatic carbocycles. The third-order valence-electron chi connectivity index (χ3n) is 6.51. The van der Waals surface area contributed by atoms with Gasteiger partial charge in [0.2, 0.25) is 0 Å². The van der Waals surface area contributed by atoms with Crippen LogP contribution in [0.1, 0.15) is 48.1 Å². The number of nitrogens with zero attached hydrogens (tertiary/aromatic N) is 5. The van der Waals surface area contributed by atoms with Gasteiger partial charge < -0.3 is 4.90 Å². The lowest BCUT2D eigenvalue weighted by Crippen LogP contribution is -2.50. The van der Waals surface area contributed by atoms with Crippen molar-refractivity contribution in [3.05, 3.63) is 79.9 Å². The molecule has 2 heterocycles. The largest absolute Gasteiger partial charge is 0.336 e. The van der Waals surface area contributed by atoms with Gasteiger partial charge in [-0.15, -0.1) is 0 Å². The van der Waals surface area contributed by atoms with Gasteiger partial charge in [0.25, 0.3) is 17.2 Å². The van der Waals surface area contributed by atoms with E-state index in [4.69, 9.17) is 4.98 Å².